The molecule has 0 aromatic heterocycles. The maximum atomic E-state index is 5.96. The van der Waals surface area contributed by atoms with Crippen LogP contribution in [0.3, 0.4) is 0 Å². The van der Waals surface area contributed by atoms with Crippen LogP contribution in [-0.4, -0.2) is 14.8 Å². The molecule has 12 heavy (non-hydrogen) atoms. The number of rotatable bonds is 0. The smallest absolute Gasteiger partial charge is 0.151 e. The van der Waals surface area contributed by atoms with Gasteiger partial charge in [0.05, 0.1) is 0 Å². The summed E-state index contributed by atoms with van der Waals surface area (Å²) in [5.41, 5.74) is 5.88. The summed E-state index contributed by atoms with van der Waals surface area (Å²) in [4.78, 5) is 0. The molecule has 0 radical (unpaired) electrons. The first-order valence-corrected chi connectivity index (χ1v) is 11.7. The van der Waals surface area contributed by atoms with Crippen molar-refractivity contribution < 1.29 is 0 Å². The highest BCUT2D eigenvalue weighted by Crippen LogP contribution is 2.05. The Morgan fingerprint density at radius 2 is 1.00 bits per heavy atom. The molecule has 0 amide bonds. The van der Waals surface area contributed by atoms with E-state index in [-0.39, 0.29) is 0 Å². The van der Waals surface area contributed by atoms with Gasteiger partial charge in [-0.3, -0.25) is 0 Å². The summed E-state index contributed by atoms with van der Waals surface area (Å²) in [5.74, 6) is 5.50. The van der Waals surface area contributed by atoms with E-state index in [9.17, 15) is 0 Å². The minimum Gasteiger partial charge on any atom is -0.151 e. The zero-order chi connectivity index (χ0) is 9.83. The van der Waals surface area contributed by atoms with E-state index in [4.69, 9.17) is 22.2 Å². The molecular formula is C8H12Cl2Si2. The fourth-order valence-corrected chi connectivity index (χ4v) is 1.36. The van der Waals surface area contributed by atoms with Crippen molar-refractivity contribution in [2.75, 3.05) is 0 Å². The Hall–Kier alpha value is 0.134. The molecule has 0 rings (SSSR count). The lowest BCUT2D eigenvalue weighted by Gasteiger charge is -1.99. The maximum absolute atomic E-state index is 5.96. The third-order valence-electron chi connectivity index (χ3n) is 0.782. The standard InChI is InChI=1S/C8H12Cl2Si2/c1-11(2,9)7-5-6-8-12(3,4)10/h1-4H3. The molecule has 0 spiro atoms. The van der Waals surface area contributed by atoms with E-state index in [1.54, 1.807) is 0 Å². The van der Waals surface area contributed by atoms with Crippen molar-refractivity contribution in [3.8, 4) is 22.9 Å². The van der Waals surface area contributed by atoms with Crippen LogP contribution in [0.5, 0.6) is 0 Å². The summed E-state index contributed by atoms with van der Waals surface area (Å²) in [6, 6.07) is 0. The molecule has 66 valence electrons. The number of halogens is 2. The van der Waals surface area contributed by atoms with Gasteiger partial charge in [-0.15, -0.1) is 0 Å². The summed E-state index contributed by atoms with van der Waals surface area (Å²) in [6.07, 6.45) is 0. The molecule has 0 aliphatic rings. The lowest BCUT2D eigenvalue weighted by atomic mass is 10.7. The highest BCUT2D eigenvalue weighted by Gasteiger charge is 2.12. The molecule has 0 bridgehead atoms. The lowest BCUT2D eigenvalue weighted by molar-refractivity contribution is 1.99. The molecule has 0 heterocycles. The fraction of sp³-hybridized carbons (Fsp3) is 0.500. The zero-order valence-electron chi connectivity index (χ0n) is 7.76. The van der Waals surface area contributed by atoms with Gasteiger partial charge in [-0.2, -0.15) is 22.2 Å². The van der Waals surface area contributed by atoms with Crippen molar-refractivity contribution in [2.45, 2.75) is 26.2 Å². The Bertz CT molecular complexity index is 232. The van der Waals surface area contributed by atoms with Crippen molar-refractivity contribution in [3.05, 3.63) is 0 Å². The third-order valence-corrected chi connectivity index (χ3v) is 2.79. The lowest BCUT2D eigenvalue weighted by Crippen LogP contribution is -2.13. The van der Waals surface area contributed by atoms with E-state index in [1.165, 1.54) is 0 Å². The second-order valence-corrected chi connectivity index (χ2v) is 15.5. The largest absolute Gasteiger partial charge is 0.229 e. The first-order valence-electron chi connectivity index (χ1n) is 3.63. The second-order valence-electron chi connectivity index (χ2n) is 3.44. The van der Waals surface area contributed by atoms with Crippen LogP contribution in [0, 0.1) is 22.9 Å². The van der Waals surface area contributed by atoms with Crippen molar-refractivity contribution in [1.29, 1.82) is 0 Å². The predicted molar refractivity (Wildman–Crippen MR) is 62.2 cm³/mol. The normalized spacial score (nSPS) is 10.8. The Morgan fingerprint density at radius 1 is 0.750 bits per heavy atom. The maximum Gasteiger partial charge on any atom is 0.229 e. The fourth-order valence-electron chi connectivity index (χ4n) is 0.360. The van der Waals surface area contributed by atoms with Crippen LogP contribution in [-0.2, 0) is 0 Å². The molecule has 0 aliphatic heterocycles. The Balaban J connectivity index is 4.27. The third kappa shape index (κ3) is 10.1. The summed E-state index contributed by atoms with van der Waals surface area (Å²) in [5, 5.41) is 0. The minimum absolute atomic E-state index is 1.77. The molecule has 4 heteroatoms. The zero-order valence-corrected chi connectivity index (χ0v) is 11.3. The average Bonchev–Trinajstić information content (AvgIpc) is 1.76. The summed E-state index contributed by atoms with van der Waals surface area (Å²) in [7, 11) is -3.55. The van der Waals surface area contributed by atoms with Crippen LogP contribution in [0.25, 0.3) is 0 Å². The highest BCUT2D eigenvalue weighted by molar-refractivity contribution is 7.24. The summed E-state index contributed by atoms with van der Waals surface area (Å²) >= 11 is 11.9. The second kappa shape index (κ2) is 4.39. The monoisotopic (exact) mass is 234 g/mol. The molecule has 0 aromatic rings. The highest BCUT2D eigenvalue weighted by atomic mass is 35.6. The molecule has 0 N–H and O–H groups in total. The summed E-state index contributed by atoms with van der Waals surface area (Å²) in [6.45, 7) is 7.86. The molecule has 0 fully saturated rings. The van der Waals surface area contributed by atoms with Crippen LogP contribution >= 0.6 is 22.2 Å². The number of hydrogen-bond acceptors (Lipinski definition) is 0. The van der Waals surface area contributed by atoms with E-state index >= 15 is 0 Å². The predicted octanol–water partition coefficient (Wildman–Crippen LogP) is 2.96. The topological polar surface area (TPSA) is 0 Å². The molecule has 0 nitrogen and oxygen atoms in total. The van der Waals surface area contributed by atoms with E-state index in [0.717, 1.165) is 0 Å². The van der Waals surface area contributed by atoms with Gasteiger partial charge in [0.15, 0.2) is 0 Å². The van der Waals surface area contributed by atoms with Crippen molar-refractivity contribution >= 4 is 36.9 Å². The Kier molecular flexibility index (Phi) is 4.44. The first kappa shape index (κ1) is 12.1. The van der Waals surface area contributed by atoms with Crippen LogP contribution in [0.4, 0.5) is 0 Å². The van der Waals surface area contributed by atoms with Gasteiger partial charge < -0.3 is 0 Å². The number of hydrogen-bond donors (Lipinski definition) is 0. The molecule has 0 atom stereocenters. The quantitative estimate of drug-likeness (QED) is 0.344. The van der Waals surface area contributed by atoms with E-state index < -0.39 is 14.8 Å². The Labute approximate surface area is 86.1 Å². The van der Waals surface area contributed by atoms with Crippen LogP contribution in [0.15, 0.2) is 0 Å². The van der Waals surface area contributed by atoms with Crippen LogP contribution < -0.4 is 0 Å². The van der Waals surface area contributed by atoms with E-state index in [0.29, 0.717) is 0 Å². The van der Waals surface area contributed by atoms with Crippen LogP contribution in [0.1, 0.15) is 0 Å². The summed E-state index contributed by atoms with van der Waals surface area (Å²) < 4.78 is 0. The van der Waals surface area contributed by atoms with Gasteiger partial charge in [0.2, 0.25) is 14.8 Å². The van der Waals surface area contributed by atoms with Gasteiger partial charge in [-0.05, 0) is 38.0 Å². The molecular weight excluding hydrogens is 223 g/mol. The van der Waals surface area contributed by atoms with Crippen molar-refractivity contribution in [3.63, 3.8) is 0 Å². The first-order chi connectivity index (χ1) is 5.21. The molecule has 0 aliphatic carbocycles. The van der Waals surface area contributed by atoms with Gasteiger partial charge in [0.1, 0.15) is 0 Å². The molecule has 0 unspecified atom stereocenters. The molecule has 0 aromatic carbocycles. The van der Waals surface area contributed by atoms with Gasteiger partial charge >= 0.3 is 0 Å². The molecule has 0 saturated carbocycles. The SMILES string of the molecule is C[Si](C)(Cl)C#CC#C[Si](C)(C)Cl. The van der Waals surface area contributed by atoms with Gasteiger partial charge in [0, 0.05) is 0 Å². The molecule has 0 saturated heterocycles. The van der Waals surface area contributed by atoms with Gasteiger partial charge in [-0.25, -0.2) is 0 Å². The van der Waals surface area contributed by atoms with E-state index in [2.05, 4.69) is 22.9 Å². The van der Waals surface area contributed by atoms with Gasteiger partial charge in [-0.1, -0.05) is 11.1 Å². The van der Waals surface area contributed by atoms with Gasteiger partial charge in [0.25, 0.3) is 0 Å². The van der Waals surface area contributed by atoms with E-state index in [1.807, 2.05) is 26.2 Å². The minimum atomic E-state index is -1.77. The van der Waals surface area contributed by atoms with Crippen molar-refractivity contribution in [1.82, 2.24) is 0 Å². The van der Waals surface area contributed by atoms with Crippen LogP contribution in [0.2, 0.25) is 26.2 Å². The average molecular weight is 235 g/mol. The Morgan fingerprint density at radius 3 is 1.17 bits per heavy atom. The van der Waals surface area contributed by atoms with Crippen molar-refractivity contribution in [2.24, 2.45) is 0 Å².